The molecule has 0 amide bonds. The Balaban J connectivity index is 2.56. The Kier molecular flexibility index (Phi) is 3.39. The van der Waals surface area contributed by atoms with E-state index in [9.17, 15) is 4.79 Å². The smallest absolute Gasteiger partial charge is 0.350 e. The van der Waals surface area contributed by atoms with Crippen LogP contribution in [0, 0.1) is 13.8 Å². The summed E-state index contributed by atoms with van der Waals surface area (Å²) in [5.74, 6) is -0.380. The summed E-state index contributed by atoms with van der Waals surface area (Å²) in [6, 6.07) is 7.96. The fourth-order valence-corrected chi connectivity index (χ4v) is 3.16. The normalized spacial score (nSPS) is 10.4. The molecule has 0 unspecified atom stereocenters. The minimum absolute atomic E-state index is 0.380. The number of nitrogen functional groups attached to an aromatic ring is 1. The van der Waals surface area contributed by atoms with Crippen molar-refractivity contribution < 1.29 is 9.53 Å². The standard InChI is InChI=1S/C14H15NO2S/c1-8-5-4-6-9(2)12(8)11-7-10(15)13(18-11)14(16)17-3/h4-7H,15H2,1-3H3. The number of nitrogens with two attached hydrogens (primary N) is 1. The zero-order valence-electron chi connectivity index (χ0n) is 10.6. The average molecular weight is 261 g/mol. The zero-order chi connectivity index (χ0) is 13.3. The molecule has 0 spiro atoms. The fraction of sp³-hybridized carbons (Fsp3) is 0.214. The van der Waals surface area contributed by atoms with Crippen molar-refractivity contribution in [1.29, 1.82) is 0 Å². The van der Waals surface area contributed by atoms with Gasteiger partial charge in [0.1, 0.15) is 4.88 Å². The highest BCUT2D eigenvalue weighted by Gasteiger charge is 2.17. The van der Waals surface area contributed by atoms with E-state index in [0.717, 1.165) is 10.4 Å². The van der Waals surface area contributed by atoms with Gasteiger partial charge in [0.15, 0.2) is 0 Å². The number of thiophene rings is 1. The Bertz CT molecular complexity index is 582. The molecule has 0 aliphatic carbocycles. The summed E-state index contributed by atoms with van der Waals surface area (Å²) in [6.07, 6.45) is 0. The number of ether oxygens (including phenoxy) is 1. The number of aryl methyl sites for hydroxylation is 2. The highest BCUT2D eigenvalue weighted by molar-refractivity contribution is 7.18. The molecule has 0 aliphatic rings. The molecule has 0 saturated heterocycles. The predicted octanol–water partition coefficient (Wildman–Crippen LogP) is 3.40. The van der Waals surface area contributed by atoms with Gasteiger partial charge in [-0.05, 0) is 36.6 Å². The van der Waals surface area contributed by atoms with Gasteiger partial charge < -0.3 is 10.5 Å². The van der Waals surface area contributed by atoms with Crippen LogP contribution in [0.4, 0.5) is 5.69 Å². The van der Waals surface area contributed by atoms with Gasteiger partial charge in [-0.15, -0.1) is 11.3 Å². The highest BCUT2D eigenvalue weighted by atomic mass is 32.1. The number of rotatable bonds is 2. The van der Waals surface area contributed by atoms with Crippen molar-refractivity contribution in [2.24, 2.45) is 0 Å². The SMILES string of the molecule is COC(=O)c1sc(-c2c(C)cccc2C)cc1N. The Morgan fingerprint density at radius 3 is 2.44 bits per heavy atom. The lowest BCUT2D eigenvalue weighted by atomic mass is 10.0. The van der Waals surface area contributed by atoms with E-state index in [1.807, 2.05) is 12.1 Å². The molecule has 94 valence electrons. The third kappa shape index (κ3) is 2.11. The Morgan fingerprint density at radius 1 is 1.28 bits per heavy atom. The second kappa shape index (κ2) is 4.82. The van der Waals surface area contributed by atoms with Gasteiger partial charge in [0.05, 0.1) is 12.8 Å². The molecule has 0 radical (unpaired) electrons. The van der Waals surface area contributed by atoms with Crippen LogP contribution in [-0.2, 0) is 4.74 Å². The number of carbonyl (C=O) groups is 1. The summed E-state index contributed by atoms with van der Waals surface area (Å²) >= 11 is 1.37. The summed E-state index contributed by atoms with van der Waals surface area (Å²) < 4.78 is 4.72. The van der Waals surface area contributed by atoms with E-state index in [2.05, 4.69) is 26.0 Å². The molecule has 1 heterocycles. The van der Waals surface area contributed by atoms with Crippen LogP contribution in [-0.4, -0.2) is 13.1 Å². The van der Waals surface area contributed by atoms with E-state index in [4.69, 9.17) is 10.5 Å². The van der Waals surface area contributed by atoms with Crippen LogP contribution in [0.5, 0.6) is 0 Å². The number of anilines is 1. The monoisotopic (exact) mass is 261 g/mol. The molecule has 3 nitrogen and oxygen atoms in total. The van der Waals surface area contributed by atoms with Crippen LogP contribution < -0.4 is 5.73 Å². The van der Waals surface area contributed by atoms with Crippen molar-refractivity contribution in [2.45, 2.75) is 13.8 Å². The maximum absolute atomic E-state index is 11.6. The predicted molar refractivity (Wildman–Crippen MR) is 75.0 cm³/mol. The number of hydrogen-bond acceptors (Lipinski definition) is 4. The molecule has 4 heteroatoms. The molecular formula is C14H15NO2S. The lowest BCUT2D eigenvalue weighted by Gasteiger charge is -2.06. The summed E-state index contributed by atoms with van der Waals surface area (Å²) in [5, 5.41) is 0. The molecule has 18 heavy (non-hydrogen) atoms. The number of hydrogen-bond donors (Lipinski definition) is 1. The topological polar surface area (TPSA) is 52.3 Å². The minimum Gasteiger partial charge on any atom is -0.465 e. The zero-order valence-corrected chi connectivity index (χ0v) is 11.4. The first-order chi connectivity index (χ1) is 8.54. The Labute approximate surface area is 110 Å². The molecule has 0 fully saturated rings. The van der Waals surface area contributed by atoms with Crippen LogP contribution in [0.15, 0.2) is 24.3 Å². The summed E-state index contributed by atoms with van der Waals surface area (Å²) in [7, 11) is 1.36. The van der Waals surface area contributed by atoms with Gasteiger partial charge in [-0.2, -0.15) is 0 Å². The second-order valence-electron chi connectivity index (χ2n) is 4.15. The molecular weight excluding hydrogens is 246 g/mol. The van der Waals surface area contributed by atoms with Gasteiger partial charge in [-0.1, -0.05) is 18.2 Å². The maximum Gasteiger partial charge on any atom is 0.350 e. The van der Waals surface area contributed by atoms with Crippen molar-refractivity contribution in [3.05, 3.63) is 40.3 Å². The molecule has 2 N–H and O–H groups in total. The van der Waals surface area contributed by atoms with Gasteiger partial charge in [0.2, 0.25) is 0 Å². The van der Waals surface area contributed by atoms with E-state index in [0.29, 0.717) is 10.6 Å². The maximum atomic E-state index is 11.6. The first-order valence-corrected chi connectivity index (χ1v) is 6.40. The lowest BCUT2D eigenvalue weighted by Crippen LogP contribution is -2.00. The van der Waals surface area contributed by atoms with Crippen molar-refractivity contribution in [3.8, 4) is 10.4 Å². The van der Waals surface area contributed by atoms with E-state index in [-0.39, 0.29) is 5.97 Å². The van der Waals surface area contributed by atoms with Crippen molar-refractivity contribution in [2.75, 3.05) is 12.8 Å². The number of benzene rings is 1. The summed E-state index contributed by atoms with van der Waals surface area (Å²) in [5.41, 5.74) is 9.83. The van der Waals surface area contributed by atoms with Crippen LogP contribution in [0.25, 0.3) is 10.4 Å². The third-order valence-corrected chi connectivity index (χ3v) is 4.01. The first kappa shape index (κ1) is 12.6. The van der Waals surface area contributed by atoms with Gasteiger partial charge in [-0.25, -0.2) is 4.79 Å². The van der Waals surface area contributed by atoms with E-state index in [1.165, 1.54) is 29.6 Å². The largest absolute Gasteiger partial charge is 0.465 e. The van der Waals surface area contributed by atoms with Gasteiger partial charge >= 0.3 is 5.97 Å². The second-order valence-corrected chi connectivity index (χ2v) is 5.21. The van der Waals surface area contributed by atoms with Crippen LogP contribution in [0.1, 0.15) is 20.8 Å². The molecule has 0 aliphatic heterocycles. The minimum atomic E-state index is -0.380. The van der Waals surface area contributed by atoms with E-state index in [1.54, 1.807) is 0 Å². The van der Waals surface area contributed by atoms with Crippen LogP contribution in [0.3, 0.4) is 0 Å². The Morgan fingerprint density at radius 2 is 1.89 bits per heavy atom. The van der Waals surface area contributed by atoms with Crippen LogP contribution >= 0.6 is 11.3 Å². The molecule has 1 aromatic carbocycles. The van der Waals surface area contributed by atoms with Crippen molar-refractivity contribution >= 4 is 23.0 Å². The van der Waals surface area contributed by atoms with Crippen molar-refractivity contribution in [3.63, 3.8) is 0 Å². The summed E-state index contributed by atoms with van der Waals surface area (Å²) in [4.78, 5) is 13.0. The molecule has 0 bridgehead atoms. The molecule has 1 aromatic heterocycles. The molecule has 0 saturated carbocycles. The summed E-state index contributed by atoms with van der Waals surface area (Å²) in [6.45, 7) is 4.10. The fourth-order valence-electron chi connectivity index (χ4n) is 1.98. The van der Waals surface area contributed by atoms with E-state index < -0.39 is 0 Å². The third-order valence-electron chi connectivity index (χ3n) is 2.86. The lowest BCUT2D eigenvalue weighted by molar-refractivity contribution is 0.0607. The Hall–Kier alpha value is -1.81. The number of esters is 1. The number of carbonyl (C=O) groups excluding carboxylic acids is 1. The van der Waals surface area contributed by atoms with Gasteiger partial charge in [-0.3, -0.25) is 0 Å². The molecule has 0 atom stereocenters. The highest BCUT2D eigenvalue weighted by Crippen LogP contribution is 2.36. The number of methoxy groups -OCH3 is 1. The average Bonchev–Trinajstić information content (AvgIpc) is 2.70. The van der Waals surface area contributed by atoms with Gasteiger partial charge in [0, 0.05) is 4.88 Å². The van der Waals surface area contributed by atoms with Crippen LogP contribution in [0.2, 0.25) is 0 Å². The van der Waals surface area contributed by atoms with Gasteiger partial charge in [0.25, 0.3) is 0 Å². The molecule has 2 aromatic rings. The molecule has 2 rings (SSSR count). The van der Waals surface area contributed by atoms with E-state index >= 15 is 0 Å². The first-order valence-electron chi connectivity index (χ1n) is 5.58. The van der Waals surface area contributed by atoms with Crippen molar-refractivity contribution in [1.82, 2.24) is 0 Å². The quantitative estimate of drug-likeness (QED) is 0.843.